The van der Waals surface area contributed by atoms with Crippen molar-refractivity contribution in [3.63, 3.8) is 0 Å². The van der Waals surface area contributed by atoms with Crippen LogP contribution in [0, 0.1) is 46.3 Å². The highest BCUT2D eigenvalue weighted by atomic mass is 31.2. The van der Waals surface area contributed by atoms with Crippen molar-refractivity contribution in [2.75, 3.05) is 67.8 Å². The largest absolute Gasteiger partial charge is 0.756 e. The number of esters is 1. The van der Waals surface area contributed by atoms with Crippen LogP contribution in [0.25, 0.3) is 0 Å². The lowest BCUT2D eigenvalue weighted by atomic mass is 9.47. The van der Waals surface area contributed by atoms with Crippen molar-refractivity contribution < 1.29 is 47.1 Å². The van der Waals surface area contributed by atoms with Gasteiger partial charge in [0, 0.05) is 32.5 Å². The maximum absolute atomic E-state index is 12.8. The monoisotopic (exact) mass is 1150 g/mol. The first kappa shape index (κ1) is 73.5. The van der Waals surface area contributed by atoms with Gasteiger partial charge in [-0.3, -0.25) is 14.0 Å². The molecule has 0 aromatic carbocycles. The number of quaternary nitrogens is 1. The predicted octanol–water partition coefficient (Wildman–Crippen LogP) is 13.4. The molecule has 4 aliphatic rings. The minimum absolute atomic E-state index is 0. The Kier molecular flexibility index (Phi) is 33.4. The third-order valence-electron chi connectivity index (χ3n) is 18.4. The zero-order valence-corrected chi connectivity index (χ0v) is 49.6. The van der Waals surface area contributed by atoms with Gasteiger partial charge in [-0.1, -0.05) is 144 Å². The number of ether oxygens (including phenoxy) is 3. The summed E-state index contributed by atoms with van der Waals surface area (Å²) < 4.78 is 43.9. The Morgan fingerprint density at radius 1 is 0.762 bits per heavy atom. The van der Waals surface area contributed by atoms with E-state index in [0.29, 0.717) is 67.5 Å². The van der Waals surface area contributed by atoms with Crippen LogP contribution < -0.4 is 4.89 Å². The topological polar surface area (TPSA) is 185 Å². The molecule has 11 atom stereocenters. The summed E-state index contributed by atoms with van der Waals surface area (Å²) in [5, 5.41) is 28.0. The lowest BCUT2D eigenvalue weighted by Crippen LogP contribution is -2.50. The van der Waals surface area contributed by atoms with Crippen LogP contribution in [0.3, 0.4) is 0 Å². The zero-order chi connectivity index (χ0) is 54.6. The molecular formula is C63H120N7O9P. The summed E-state index contributed by atoms with van der Waals surface area (Å²) in [6.45, 7) is 13.5. The summed E-state index contributed by atoms with van der Waals surface area (Å²) in [5.41, 5.74) is 4.24. The van der Waals surface area contributed by atoms with Crippen LogP contribution in [-0.2, 0) is 58.5 Å². The average molecular weight is 1150 g/mol. The van der Waals surface area contributed by atoms with Gasteiger partial charge in [0.25, 0.3) is 7.82 Å². The highest BCUT2D eigenvalue weighted by Crippen LogP contribution is 2.67. The number of aliphatic hydroxyl groups is 1. The first-order chi connectivity index (χ1) is 36.4. The number of hydrogen-bond acceptors (Lipinski definition) is 13. The van der Waals surface area contributed by atoms with Gasteiger partial charge in [0.2, 0.25) is 0 Å². The fourth-order valence-corrected chi connectivity index (χ4v) is 14.7. The molecular weight excluding hydrogens is 1030 g/mol. The molecule has 0 aliphatic heterocycles. The van der Waals surface area contributed by atoms with Crippen LogP contribution >= 0.6 is 7.82 Å². The molecule has 3 fully saturated rings. The van der Waals surface area contributed by atoms with E-state index in [4.69, 9.17) is 23.3 Å². The molecule has 6 rings (SSSR count). The van der Waals surface area contributed by atoms with E-state index in [9.17, 15) is 19.4 Å². The van der Waals surface area contributed by atoms with Crippen LogP contribution in [0.15, 0.2) is 24.0 Å². The van der Waals surface area contributed by atoms with Crippen molar-refractivity contribution in [3.05, 3.63) is 35.4 Å². The number of aliphatic hydroxyl groups excluding tert-OH is 1. The number of aromatic nitrogens is 6. The van der Waals surface area contributed by atoms with E-state index < -0.39 is 7.82 Å². The van der Waals surface area contributed by atoms with Gasteiger partial charge in [0.05, 0.1) is 71.6 Å². The van der Waals surface area contributed by atoms with Crippen molar-refractivity contribution in [1.29, 1.82) is 0 Å². The summed E-state index contributed by atoms with van der Waals surface area (Å²) in [5.74, 6) is 3.79. The number of nitrogens with zero attached hydrogens (tertiary/aromatic N) is 7. The lowest BCUT2D eigenvalue weighted by molar-refractivity contribution is -0.870. The normalized spacial score (nSPS) is 25.2. The number of likely N-dealkylation sites (N-methyl/N-ethyl adjacent to an activating group) is 1. The molecule has 466 valence electrons. The molecule has 11 unspecified atom stereocenters. The highest BCUT2D eigenvalue weighted by molar-refractivity contribution is 7.45. The van der Waals surface area contributed by atoms with Gasteiger partial charge in [0.15, 0.2) is 0 Å². The van der Waals surface area contributed by atoms with Crippen molar-refractivity contribution >= 4 is 13.8 Å². The van der Waals surface area contributed by atoms with E-state index in [1.165, 1.54) is 51.4 Å². The Balaban J connectivity index is 0.00000547. The third kappa shape index (κ3) is 23.5. The van der Waals surface area contributed by atoms with E-state index >= 15 is 0 Å². The van der Waals surface area contributed by atoms with Gasteiger partial charge >= 0.3 is 5.97 Å². The molecule has 17 heteroatoms. The molecule has 0 amide bonds. The second-order valence-electron chi connectivity index (χ2n) is 25.6. The average Bonchev–Trinajstić information content (AvgIpc) is 4.11. The number of fused-ring (bicyclic) bond motifs is 5. The number of rotatable bonds is 38. The first-order valence-electron chi connectivity index (χ1n) is 30.2. The number of allylic oxidation sites excluding steroid dienone is 1. The molecule has 2 heterocycles. The van der Waals surface area contributed by atoms with Crippen LogP contribution in [0.4, 0.5) is 0 Å². The summed E-state index contributed by atoms with van der Waals surface area (Å²) in [7, 11) is 3.43. The van der Waals surface area contributed by atoms with E-state index in [2.05, 4.69) is 54.4 Å². The number of phosphoric acid groups is 1. The Morgan fingerprint density at radius 3 is 1.95 bits per heavy atom. The molecule has 0 bridgehead atoms. The first-order valence-corrected chi connectivity index (χ1v) is 31.7. The Morgan fingerprint density at radius 2 is 1.34 bits per heavy atom. The van der Waals surface area contributed by atoms with Crippen LogP contribution in [0.1, 0.15) is 223 Å². The second kappa shape index (κ2) is 36.3. The van der Waals surface area contributed by atoms with E-state index in [1.807, 2.05) is 42.9 Å². The Hall–Kier alpha value is -2.56. The molecule has 1 N–H and O–H groups in total. The Labute approximate surface area is 488 Å². The molecule has 0 radical (unpaired) electrons. The SMILES string of the molecule is C.C.C.C.COCC(Cn1cc(CCCCCCCCCOC(=O)CCC(C)C2CCC3C4CC=C5CC(O)CCC5(C)C4CCC23C)nn1)OCC(C)Cn1cc(CCCCCCCCCOP(=O)([O-])OCC[N+](C)(C)C)nn1. The molecule has 0 saturated heterocycles. The highest BCUT2D eigenvalue weighted by Gasteiger charge is 2.59. The fourth-order valence-electron chi connectivity index (χ4n) is 14.0. The maximum Gasteiger partial charge on any atom is 0.305 e. The summed E-state index contributed by atoms with van der Waals surface area (Å²) in [4.78, 5) is 24.7. The number of carbonyl (C=O) groups is 1. The quantitative estimate of drug-likeness (QED) is 0.0220. The summed E-state index contributed by atoms with van der Waals surface area (Å²) >= 11 is 0. The summed E-state index contributed by atoms with van der Waals surface area (Å²) in [6.07, 6.45) is 34.1. The van der Waals surface area contributed by atoms with Crippen molar-refractivity contribution in [1.82, 2.24) is 30.0 Å². The Bertz CT molecular complexity index is 2080. The third-order valence-corrected chi connectivity index (χ3v) is 19.3. The van der Waals surface area contributed by atoms with Crippen molar-refractivity contribution in [3.8, 4) is 0 Å². The molecule has 2 aromatic rings. The molecule has 16 nitrogen and oxygen atoms in total. The van der Waals surface area contributed by atoms with Crippen LogP contribution in [0.5, 0.6) is 0 Å². The van der Waals surface area contributed by atoms with Gasteiger partial charge in [0.1, 0.15) is 19.3 Å². The van der Waals surface area contributed by atoms with Crippen molar-refractivity contribution in [2.24, 2.45) is 46.3 Å². The molecule has 4 aliphatic carbocycles. The number of hydrogen-bond donors (Lipinski definition) is 1. The van der Waals surface area contributed by atoms with Crippen LogP contribution in [0.2, 0.25) is 0 Å². The number of carbonyl (C=O) groups excluding carboxylic acids is 1. The lowest BCUT2D eigenvalue weighted by Gasteiger charge is -2.58. The van der Waals surface area contributed by atoms with Gasteiger partial charge in [-0.2, -0.15) is 0 Å². The van der Waals surface area contributed by atoms with Crippen molar-refractivity contribution in [2.45, 2.75) is 250 Å². The van der Waals surface area contributed by atoms with Gasteiger partial charge in [-0.15, -0.1) is 10.2 Å². The fraction of sp³-hybridized carbons (Fsp3) is 0.889. The number of methoxy groups -OCH3 is 1. The van der Waals surface area contributed by atoms with Gasteiger partial charge < -0.3 is 37.7 Å². The molecule has 2 aromatic heterocycles. The predicted molar refractivity (Wildman–Crippen MR) is 323 cm³/mol. The summed E-state index contributed by atoms with van der Waals surface area (Å²) in [6, 6.07) is 0. The van der Waals surface area contributed by atoms with E-state index in [0.717, 1.165) is 138 Å². The molecule has 3 saturated carbocycles. The smallest absolute Gasteiger partial charge is 0.305 e. The van der Waals surface area contributed by atoms with E-state index in [1.54, 1.807) is 12.7 Å². The molecule has 80 heavy (non-hydrogen) atoms. The molecule has 0 spiro atoms. The minimum Gasteiger partial charge on any atom is -0.756 e. The zero-order valence-electron chi connectivity index (χ0n) is 48.7. The number of unbranched alkanes of at least 4 members (excludes halogenated alkanes) is 12. The number of phosphoric ester groups is 1. The second-order valence-corrected chi connectivity index (χ2v) is 27.0. The van der Waals surface area contributed by atoms with Gasteiger partial charge in [-0.25, -0.2) is 4.68 Å². The minimum atomic E-state index is -4.22. The van der Waals surface area contributed by atoms with Crippen LogP contribution in [-0.4, -0.2) is 126 Å². The van der Waals surface area contributed by atoms with E-state index in [-0.39, 0.29) is 72.4 Å². The number of aryl methyl sites for hydroxylation is 2. The standard InChI is InChI=1S/C59H104N7O9P.4CH4/c1-46(40-64-41-49(60-62-64)23-19-16-12-10-14-18-22-37-74-76(69,70)75-38-35-66(5,6)7)44-73-52(45-71-8)43-65-42-50(61-63-65)24-20-15-11-9-13-17-21-36-72-57(68)30-25-47(2)54-28-29-55-53-27-26-48-39-51(67)31-33-58(48,3)56(53)32-34-59(54,55)4;;;;/h26,41-42,46-47,51-56,67H,9-25,27-40,43-45H2,1-8H3;4*1H4. The van der Waals surface area contributed by atoms with Gasteiger partial charge in [-0.05, 0) is 143 Å². The maximum atomic E-state index is 12.8.